The van der Waals surface area contributed by atoms with Crippen molar-refractivity contribution in [1.29, 1.82) is 0 Å². The fraction of sp³-hybridized carbons (Fsp3) is 0.120. The maximum absolute atomic E-state index is 12.3. The van der Waals surface area contributed by atoms with Crippen LogP contribution in [0.4, 0.5) is 16.2 Å². The number of nitrogens with one attached hydrogen (secondary N) is 4. The van der Waals surface area contributed by atoms with Crippen molar-refractivity contribution in [3.8, 4) is 5.75 Å². The van der Waals surface area contributed by atoms with E-state index in [1.807, 2.05) is 42.6 Å². The van der Waals surface area contributed by atoms with E-state index in [9.17, 15) is 9.59 Å². The molecular weight excluding hydrogens is 404 g/mol. The first-order chi connectivity index (χ1) is 15.7. The van der Waals surface area contributed by atoms with E-state index in [1.54, 1.807) is 36.4 Å². The van der Waals surface area contributed by atoms with Crippen molar-refractivity contribution in [2.75, 3.05) is 23.8 Å². The first kappa shape index (κ1) is 21.0. The van der Waals surface area contributed by atoms with Crippen molar-refractivity contribution in [3.63, 3.8) is 0 Å². The summed E-state index contributed by atoms with van der Waals surface area (Å²) in [4.78, 5) is 27.5. The van der Waals surface area contributed by atoms with Crippen LogP contribution in [0, 0.1) is 0 Å². The minimum atomic E-state index is -0.302. The first-order valence-electron chi connectivity index (χ1n) is 10.3. The van der Waals surface area contributed by atoms with Gasteiger partial charge in [0.2, 0.25) is 0 Å². The topological polar surface area (TPSA) is 95.2 Å². The molecule has 0 aliphatic heterocycles. The van der Waals surface area contributed by atoms with E-state index >= 15 is 0 Å². The fourth-order valence-corrected chi connectivity index (χ4v) is 3.36. The van der Waals surface area contributed by atoms with Crippen molar-refractivity contribution in [2.24, 2.45) is 0 Å². The Bertz CT molecular complexity index is 1200. The zero-order valence-electron chi connectivity index (χ0n) is 17.4. The Morgan fingerprint density at radius 3 is 2.50 bits per heavy atom. The summed E-state index contributed by atoms with van der Waals surface area (Å²) in [5, 5.41) is 9.57. The number of aromatic nitrogens is 1. The van der Waals surface area contributed by atoms with E-state index in [0.717, 1.165) is 22.9 Å². The minimum absolute atomic E-state index is 0.130. The molecule has 1 aromatic heterocycles. The molecule has 0 spiro atoms. The third-order valence-corrected chi connectivity index (χ3v) is 4.87. The number of fused-ring (bicyclic) bond motifs is 1. The largest absolute Gasteiger partial charge is 0.484 e. The highest BCUT2D eigenvalue weighted by Gasteiger charge is 2.07. The highest BCUT2D eigenvalue weighted by Crippen LogP contribution is 2.19. The van der Waals surface area contributed by atoms with Gasteiger partial charge < -0.3 is 25.7 Å². The Kier molecular flexibility index (Phi) is 6.67. The lowest BCUT2D eigenvalue weighted by molar-refractivity contribution is -0.118. The van der Waals surface area contributed by atoms with Gasteiger partial charge in [0.1, 0.15) is 5.75 Å². The molecule has 3 aromatic carbocycles. The number of H-pyrrole nitrogens is 1. The molecule has 4 aromatic rings. The molecule has 0 aliphatic rings. The van der Waals surface area contributed by atoms with Gasteiger partial charge in [-0.05, 0) is 42.3 Å². The normalized spacial score (nSPS) is 10.5. The van der Waals surface area contributed by atoms with Crippen molar-refractivity contribution in [3.05, 3.63) is 90.6 Å². The molecule has 0 radical (unpaired) electrons. The molecule has 3 amide bonds. The number of hydrogen-bond donors (Lipinski definition) is 4. The summed E-state index contributed by atoms with van der Waals surface area (Å²) in [7, 11) is 0. The molecule has 0 unspecified atom stereocenters. The van der Waals surface area contributed by atoms with Gasteiger partial charge in [-0.25, -0.2) is 4.79 Å². The Morgan fingerprint density at radius 2 is 1.62 bits per heavy atom. The number of urea groups is 1. The van der Waals surface area contributed by atoms with E-state index in [1.165, 1.54) is 0 Å². The molecule has 0 atom stereocenters. The van der Waals surface area contributed by atoms with Gasteiger partial charge in [0, 0.05) is 41.1 Å². The number of rotatable bonds is 8. The second-order valence-corrected chi connectivity index (χ2v) is 7.22. The Hall–Kier alpha value is -4.26. The summed E-state index contributed by atoms with van der Waals surface area (Å²) in [6, 6.07) is 23.9. The number of carbonyl (C=O) groups excluding carboxylic acids is 2. The van der Waals surface area contributed by atoms with Crippen LogP contribution in [0.2, 0.25) is 0 Å². The average molecular weight is 428 g/mol. The molecule has 0 saturated carbocycles. The number of hydrogen-bond acceptors (Lipinski definition) is 3. The summed E-state index contributed by atoms with van der Waals surface area (Å²) < 4.78 is 5.55. The zero-order valence-corrected chi connectivity index (χ0v) is 17.4. The molecule has 0 bridgehead atoms. The molecular formula is C25H24N4O3. The minimum Gasteiger partial charge on any atom is -0.484 e. The van der Waals surface area contributed by atoms with Crippen LogP contribution < -0.4 is 20.7 Å². The molecule has 7 nitrogen and oxygen atoms in total. The lowest BCUT2D eigenvalue weighted by Crippen LogP contribution is -2.30. The molecule has 1 heterocycles. The Balaban J connectivity index is 1.23. The van der Waals surface area contributed by atoms with Crippen molar-refractivity contribution in [1.82, 2.24) is 10.3 Å². The van der Waals surface area contributed by atoms with Crippen LogP contribution in [0.15, 0.2) is 85.1 Å². The van der Waals surface area contributed by atoms with Crippen LogP contribution in [0.25, 0.3) is 10.9 Å². The number of aromatic amines is 1. The highest BCUT2D eigenvalue weighted by molar-refractivity contribution is 5.92. The Morgan fingerprint density at radius 1 is 0.844 bits per heavy atom. The van der Waals surface area contributed by atoms with Crippen molar-refractivity contribution in [2.45, 2.75) is 6.42 Å². The number of anilines is 2. The Labute approximate surface area is 185 Å². The molecule has 0 fully saturated rings. The van der Waals surface area contributed by atoms with Crippen LogP contribution in [0.5, 0.6) is 5.75 Å². The fourth-order valence-electron chi connectivity index (χ4n) is 3.36. The van der Waals surface area contributed by atoms with E-state index in [0.29, 0.717) is 23.7 Å². The van der Waals surface area contributed by atoms with Gasteiger partial charge in [-0.15, -0.1) is 0 Å². The van der Waals surface area contributed by atoms with Gasteiger partial charge >= 0.3 is 6.03 Å². The van der Waals surface area contributed by atoms with Crippen molar-refractivity contribution >= 4 is 34.2 Å². The molecule has 0 aliphatic carbocycles. The standard InChI is InChI=1S/C25H24N4O3/c30-24(28-19-7-2-1-3-8-19)17-32-21-10-6-9-20(15-21)29-25(31)26-14-13-18-16-27-23-12-5-4-11-22(18)23/h1-12,15-16,27H,13-14,17H2,(H,28,30)(H2,26,29,31). The maximum atomic E-state index is 12.3. The molecule has 162 valence electrons. The van der Waals surface area contributed by atoms with Crippen molar-refractivity contribution < 1.29 is 14.3 Å². The number of benzene rings is 3. The summed E-state index contributed by atoms with van der Waals surface area (Å²) in [6.07, 6.45) is 2.69. The SMILES string of the molecule is O=C(COc1cccc(NC(=O)NCCc2c[nH]c3ccccc23)c1)Nc1ccccc1. The summed E-state index contributed by atoms with van der Waals surface area (Å²) >= 11 is 0. The first-order valence-corrected chi connectivity index (χ1v) is 10.3. The van der Waals surface area contributed by atoms with Gasteiger partial charge in [0.25, 0.3) is 5.91 Å². The van der Waals surface area contributed by atoms with Crippen LogP contribution in [0.3, 0.4) is 0 Å². The predicted molar refractivity (Wildman–Crippen MR) is 126 cm³/mol. The van der Waals surface area contributed by atoms with E-state index in [-0.39, 0.29) is 18.5 Å². The van der Waals surface area contributed by atoms with E-state index < -0.39 is 0 Å². The van der Waals surface area contributed by atoms with E-state index in [4.69, 9.17) is 4.74 Å². The van der Waals surface area contributed by atoms with Gasteiger partial charge in [-0.3, -0.25) is 4.79 Å². The van der Waals surface area contributed by atoms with Gasteiger partial charge in [-0.2, -0.15) is 0 Å². The second-order valence-electron chi connectivity index (χ2n) is 7.22. The lowest BCUT2D eigenvalue weighted by atomic mass is 10.1. The van der Waals surface area contributed by atoms with Gasteiger partial charge in [-0.1, -0.05) is 42.5 Å². The van der Waals surface area contributed by atoms with Gasteiger partial charge in [0.15, 0.2) is 6.61 Å². The second kappa shape index (κ2) is 10.2. The average Bonchev–Trinajstić information content (AvgIpc) is 3.22. The van der Waals surface area contributed by atoms with Crippen LogP contribution in [0.1, 0.15) is 5.56 Å². The number of amides is 3. The predicted octanol–water partition coefficient (Wildman–Crippen LogP) is 4.55. The molecule has 4 rings (SSSR count). The van der Waals surface area contributed by atoms with E-state index in [2.05, 4.69) is 27.0 Å². The van der Waals surface area contributed by atoms with Crippen LogP contribution >= 0.6 is 0 Å². The highest BCUT2D eigenvalue weighted by atomic mass is 16.5. The number of ether oxygens (including phenoxy) is 1. The quantitative estimate of drug-likeness (QED) is 0.332. The van der Waals surface area contributed by atoms with Crippen LogP contribution in [-0.4, -0.2) is 30.1 Å². The lowest BCUT2D eigenvalue weighted by Gasteiger charge is -2.10. The smallest absolute Gasteiger partial charge is 0.319 e. The molecule has 7 heteroatoms. The molecule has 32 heavy (non-hydrogen) atoms. The summed E-state index contributed by atoms with van der Waals surface area (Å²) in [5.41, 5.74) is 3.53. The summed E-state index contributed by atoms with van der Waals surface area (Å²) in [5.74, 6) is 0.231. The third kappa shape index (κ3) is 5.66. The monoisotopic (exact) mass is 428 g/mol. The maximum Gasteiger partial charge on any atom is 0.319 e. The molecule has 0 saturated heterocycles. The number of para-hydroxylation sites is 2. The zero-order chi connectivity index (χ0) is 22.2. The third-order valence-electron chi connectivity index (χ3n) is 4.87. The van der Waals surface area contributed by atoms with Crippen LogP contribution in [-0.2, 0) is 11.2 Å². The van der Waals surface area contributed by atoms with Gasteiger partial charge in [0.05, 0.1) is 0 Å². The summed E-state index contributed by atoms with van der Waals surface area (Å²) in [6.45, 7) is 0.374. The number of carbonyl (C=O) groups is 2. The molecule has 4 N–H and O–H groups in total.